The van der Waals surface area contributed by atoms with Crippen molar-refractivity contribution in [2.75, 3.05) is 26.3 Å². The van der Waals surface area contributed by atoms with E-state index in [0.717, 1.165) is 43.7 Å². The summed E-state index contributed by atoms with van der Waals surface area (Å²) in [7, 11) is 0. The van der Waals surface area contributed by atoms with Crippen LogP contribution in [0.1, 0.15) is 24.1 Å². The molecule has 5 rings (SSSR count). The smallest absolute Gasteiger partial charge is 0.228 e. The minimum absolute atomic E-state index is 0.111. The summed E-state index contributed by atoms with van der Waals surface area (Å²) in [4.78, 5) is 14.7. The number of nitrogens with zero attached hydrogens (tertiary/aromatic N) is 2. The number of carbonyl (C=O) groups is 1. The van der Waals surface area contributed by atoms with Crippen molar-refractivity contribution in [3.8, 4) is 22.8 Å². The monoisotopic (exact) mass is 418 g/mol. The average Bonchev–Trinajstić information content (AvgIpc) is 3.28. The van der Waals surface area contributed by atoms with E-state index in [2.05, 4.69) is 29.4 Å². The molecule has 1 fully saturated rings. The van der Waals surface area contributed by atoms with Gasteiger partial charge in [0.1, 0.15) is 13.2 Å². The van der Waals surface area contributed by atoms with E-state index in [4.69, 9.17) is 14.0 Å². The summed E-state index contributed by atoms with van der Waals surface area (Å²) in [6.07, 6.45) is 3.44. The second-order valence-electron chi connectivity index (χ2n) is 8.23. The van der Waals surface area contributed by atoms with E-state index in [9.17, 15) is 4.79 Å². The van der Waals surface area contributed by atoms with Gasteiger partial charge in [-0.3, -0.25) is 4.79 Å². The van der Waals surface area contributed by atoms with Crippen LogP contribution in [0.25, 0.3) is 11.3 Å². The van der Waals surface area contributed by atoms with Gasteiger partial charge in [-0.2, -0.15) is 0 Å². The maximum absolute atomic E-state index is 12.8. The number of hydrogen-bond acceptors (Lipinski definition) is 5. The Bertz CT molecular complexity index is 1040. The molecule has 3 heterocycles. The van der Waals surface area contributed by atoms with Crippen molar-refractivity contribution in [1.82, 2.24) is 10.1 Å². The summed E-state index contributed by atoms with van der Waals surface area (Å²) >= 11 is 0. The number of hydrogen-bond donors (Lipinski definition) is 0. The second-order valence-corrected chi connectivity index (χ2v) is 8.23. The van der Waals surface area contributed by atoms with Gasteiger partial charge in [0.2, 0.25) is 5.91 Å². The third-order valence-electron chi connectivity index (χ3n) is 6.05. The molecule has 1 amide bonds. The number of ether oxygens (including phenoxy) is 2. The highest BCUT2D eigenvalue weighted by Crippen LogP contribution is 2.34. The number of benzene rings is 2. The van der Waals surface area contributed by atoms with Gasteiger partial charge in [-0.05, 0) is 48.9 Å². The van der Waals surface area contributed by atoms with Crippen molar-refractivity contribution >= 4 is 5.91 Å². The van der Waals surface area contributed by atoms with E-state index in [1.54, 1.807) is 0 Å². The fraction of sp³-hybridized carbons (Fsp3) is 0.360. The molecule has 160 valence electrons. The molecule has 2 aliphatic rings. The van der Waals surface area contributed by atoms with Gasteiger partial charge in [-0.15, -0.1) is 0 Å². The summed E-state index contributed by atoms with van der Waals surface area (Å²) in [5, 5.41) is 4.12. The quantitative estimate of drug-likeness (QED) is 0.623. The van der Waals surface area contributed by atoms with Crippen LogP contribution < -0.4 is 9.47 Å². The third kappa shape index (κ3) is 4.58. The maximum Gasteiger partial charge on any atom is 0.228 e. The van der Waals surface area contributed by atoms with Crippen LogP contribution >= 0.6 is 0 Å². The average molecular weight is 418 g/mol. The number of fused-ring (bicyclic) bond motifs is 1. The first kappa shape index (κ1) is 19.7. The number of amides is 1. The van der Waals surface area contributed by atoms with Gasteiger partial charge < -0.3 is 18.9 Å². The zero-order valence-electron chi connectivity index (χ0n) is 17.5. The first-order valence-corrected chi connectivity index (χ1v) is 10.9. The lowest BCUT2D eigenvalue weighted by Gasteiger charge is -2.32. The minimum atomic E-state index is 0.111. The lowest BCUT2D eigenvalue weighted by atomic mass is 9.90. The highest BCUT2D eigenvalue weighted by atomic mass is 16.6. The van der Waals surface area contributed by atoms with E-state index in [-0.39, 0.29) is 12.3 Å². The minimum Gasteiger partial charge on any atom is -0.486 e. The molecule has 0 saturated carbocycles. The molecule has 3 aromatic rings. The van der Waals surface area contributed by atoms with Crippen molar-refractivity contribution < 1.29 is 18.8 Å². The summed E-state index contributed by atoms with van der Waals surface area (Å²) in [5.74, 6) is 2.82. The Labute approximate surface area is 181 Å². The Morgan fingerprint density at radius 3 is 2.55 bits per heavy atom. The van der Waals surface area contributed by atoms with Crippen molar-refractivity contribution in [3.63, 3.8) is 0 Å². The van der Waals surface area contributed by atoms with E-state index in [1.165, 1.54) is 5.56 Å². The zero-order chi connectivity index (χ0) is 21.0. The molecule has 0 N–H and O–H groups in total. The Balaban J connectivity index is 1.16. The largest absolute Gasteiger partial charge is 0.486 e. The van der Waals surface area contributed by atoms with E-state index < -0.39 is 0 Å². The van der Waals surface area contributed by atoms with Gasteiger partial charge in [-0.25, -0.2) is 0 Å². The second kappa shape index (κ2) is 8.84. The molecule has 6 heteroatoms. The van der Waals surface area contributed by atoms with Crippen molar-refractivity contribution in [2.45, 2.75) is 25.7 Å². The van der Waals surface area contributed by atoms with Gasteiger partial charge in [0, 0.05) is 24.7 Å². The molecule has 31 heavy (non-hydrogen) atoms. The number of carbonyl (C=O) groups excluding carboxylic acids is 1. The van der Waals surface area contributed by atoms with Crippen LogP contribution in [-0.4, -0.2) is 42.3 Å². The molecule has 2 aliphatic heterocycles. The van der Waals surface area contributed by atoms with Crippen molar-refractivity contribution in [2.24, 2.45) is 5.92 Å². The SMILES string of the molecule is O=C(Cc1cc(-c2ccc3c(c2)OCCO3)on1)N1CCC(Cc2ccccc2)CC1. The predicted octanol–water partition coefficient (Wildman–Crippen LogP) is 4.14. The van der Waals surface area contributed by atoms with Crippen LogP contribution in [0.5, 0.6) is 11.5 Å². The first-order valence-electron chi connectivity index (χ1n) is 10.9. The number of likely N-dealkylation sites (tertiary alicyclic amines) is 1. The van der Waals surface area contributed by atoms with Crippen molar-refractivity contribution in [3.05, 3.63) is 65.9 Å². The normalized spacial score (nSPS) is 16.3. The van der Waals surface area contributed by atoms with Gasteiger partial charge in [-0.1, -0.05) is 35.5 Å². The van der Waals surface area contributed by atoms with Gasteiger partial charge in [0.05, 0.1) is 12.1 Å². The zero-order valence-corrected chi connectivity index (χ0v) is 17.5. The highest BCUT2D eigenvalue weighted by molar-refractivity contribution is 5.78. The molecule has 0 unspecified atom stereocenters. The summed E-state index contributed by atoms with van der Waals surface area (Å²) in [6.45, 7) is 2.71. The maximum atomic E-state index is 12.8. The molecule has 2 aromatic carbocycles. The lowest BCUT2D eigenvalue weighted by molar-refractivity contribution is -0.131. The highest BCUT2D eigenvalue weighted by Gasteiger charge is 2.24. The number of piperidine rings is 1. The molecule has 6 nitrogen and oxygen atoms in total. The lowest BCUT2D eigenvalue weighted by Crippen LogP contribution is -2.39. The molecule has 0 bridgehead atoms. The van der Waals surface area contributed by atoms with Crippen molar-refractivity contribution in [1.29, 1.82) is 0 Å². The number of aromatic nitrogens is 1. The summed E-state index contributed by atoms with van der Waals surface area (Å²) in [5.41, 5.74) is 2.89. The molecule has 1 aromatic heterocycles. The Kier molecular flexibility index (Phi) is 5.61. The topological polar surface area (TPSA) is 64.8 Å². The predicted molar refractivity (Wildman–Crippen MR) is 116 cm³/mol. The van der Waals surface area contributed by atoms with Gasteiger partial charge in [0.25, 0.3) is 0 Å². The standard InChI is InChI=1S/C25H26N2O4/c28-25(27-10-8-19(9-11-27)14-18-4-2-1-3-5-18)17-21-16-23(31-26-21)20-6-7-22-24(15-20)30-13-12-29-22/h1-7,15-16,19H,8-14,17H2. The molecule has 0 aliphatic carbocycles. The fourth-order valence-electron chi connectivity index (χ4n) is 4.33. The number of rotatable bonds is 5. The summed E-state index contributed by atoms with van der Waals surface area (Å²) < 4.78 is 16.7. The van der Waals surface area contributed by atoms with E-state index >= 15 is 0 Å². The summed E-state index contributed by atoms with van der Waals surface area (Å²) in [6, 6.07) is 18.1. The third-order valence-corrected chi connectivity index (χ3v) is 6.05. The van der Waals surface area contributed by atoms with Crippen LogP contribution in [0, 0.1) is 5.92 Å². The van der Waals surface area contributed by atoms with Crippen LogP contribution in [0.2, 0.25) is 0 Å². The van der Waals surface area contributed by atoms with Crippen LogP contribution in [0.15, 0.2) is 59.1 Å². The van der Waals surface area contributed by atoms with Crippen LogP contribution in [-0.2, 0) is 17.6 Å². The Morgan fingerprint density at radius 1 is 0.968 bits per heavy atom. The Morgan fingerprint density at radius 2 is 1.74 bits per heavy atom. The van der Waals surface area contributed by atoms with Crippen LogP contribution in [0.4, 0.5) is 0 Å². The molecule has 0 spiro atoms. The van der Waals surface area contributed by atoms with Gasteiger partial charge >= 0.3 is 0 Å². The molecule has 1 saturated heterocycles. The molecule has 0 radical (unpaired) electrons. The first-order chi connectivity index (χ1) is 15.2. The fourth-order valence-corrected chi connectivity index (χ4v) is 4.33. The Hall–Kier alpha value is -3.28. The van der Waals surface area contributed by atoms with Gasteiger partial charge in [0.15, 0.2) is 17.3 Å². The molecule has 0 atom stereocenters. The molecular weight excluding hydrogens is 392 g/mol. The molecular formula is C25H26N2O4. The van der Waals surface area contributed by atoms with Crippen LogP contribution in [0.3, 0.4) is 0 Å². The van der Waals surface area contributed by atoms with E-state index in [0.29, 0.717) is 36.3 Å². The van der Waals surface area contributed by atoms with E-state index in [1.807, 2.05) is 35.2 Å².